The van der Waals surface area contributed by atoms with Gasteiger partial charge in [-0.1, -0.05) is 42.5 Å². The number of hydrogen-bond acceptors (Lipinski definition) is 4. The van der Waals surface area contributed by atoms with Crippen molar-refractivity contribution < 1.29 is 9.90 Å². The van der Waals surface area contributed by atoms with Crippen LogP contribution in [0.15, 0.2) is 54.6 Å². The van der Waals surface area contributed by atoms with E-state index in [1.165, 1.54) is 0 Å². The van der Waals surface area contributed by atoms with Crippen LogP contribution in [-0.4, -0.2) is 42.1 Å². The van der Waals surface area contributed by atoms with Crippen LogP contribution in [0.5, 0.6) is 5.75 Å². The van der Waals surface area contributed by atoms with Crippen LogP contribution in [0.1, 0.15) is 12.5 Å². The summed E-state index contributed by atoms with van der Waals surface area (Å²) in [4.78, 5) is 16.8. The largest absolute Gasteiger partial charge is 0.506 e. The van der Waals surface area contributed by atoms with Crippen molar-refractivity contribution in [2.45, 2.75) is 12.5 Å². The number of para-hydroxylation sites is 2. The lowest BCUT2D eigenvalue weighted by molar-refractivity contribution is -0.137. The first kappa shape index (κ1) is 16.3. The van der Waals surface area contributed by atoms with E-state index in [1.807, 2.05) is 47.4 Å². The summed E-state index contributed by atoms with van der Waals surface area (Å²) < 4.78 is 0. The van der Waals surface area contributed by atoms with Crippen molar-refractivity contribution in [2.75, 3.05) is 31.1 Å². The molecule has 1 fully saturated rings. The summed E-state index contributed by atoms with van der Waals surface area (Å²) in [7, 11) is 0. The fraction of sp³-hybridized carbons (Fsp3) is 0.316. The molecule has 1 atom stereocenters. The number of phenolic OH excluding ortho intramolecular Hbond substituents is 1. The number of nitrogens with two attached hydrogens (primary N) is 1. The van der Waals surface area contributed by atoms with Crippen LogP contribution in [0.25, 0.3) is 0 Å². The van der Waals surface area contributed by atoms with E-state index in [9.17, 15) is 9.90 Å². The number of anilines is 1. The Morgan fingerprint density at radius 2 is 1.58 bits per heavy atom. The third-order valence-electron chi connectivity index (χ3n) is 4.61. The lowest BCUT2D eigenvalue weighted by Gasteiger charge is -2.39. The summed E-state index contributed by atoms with van der Waals surface area (Å²) in [6, 6.07) is 16.7. The minimum Gasteiger partial charge on any atom is -0.506 e. The molecule has 1 aliphatic rings. The van der Waals surface area contributed by atoms with E-state index < -0.39 is 5.54 Å². The van der Waals surface area contributed by atoms with Gasteiger partial charge in [-0.3, -0.25) is 4.79 Å². The lowest BCUT2D eigenvalue weighted by atomic mass is 9.91. The first-order valence-electron chi connectivity index (χ1n) is 8.17. The zero-order valence-corrected chi connectivity index (χ0v) is 13.9. The molecule has 2 aromatic carbocycles. The molecule has 5 nitrogen and oxygen atoms in total. The topological polar surface area (TPSA) is 69.8 Å². The van der Waals surface area contributed by atoms with Crippen LogP contribution >= 0.6 is 0 Å². The molecule has 1 aliphatic heterocycles. The molecular formula is C19H23N3O2. The van der Waals surface area contributed by atoms with Gasteiger partial charge in [-0.15, -0.1) is 0 Å². The van der Waals surface area contributed by atoms with Gasteiger partial charge in [-0.25, -0.2) is 0 Å². The molecule has 5 heteroatoms. The van der Waals surface area contributed by atoms with Crippen molar-refractivity contribution >= 4 is 11.6 Å². The maximum Gasteiger partial charge on any atom is 0.247 e. The van der Waals surface area contributed by atoms with Crippen LogP contribution in [-0.2, 0) is 10.3 Å². The van der Waals surface area contributed by atoms with Gasteiger partial charge in [0.25, 0.3) is 0 Å². The molecule has 0 aliphatic carbocycles. The minimum atomic E-state index is -1.03. The maximum absolute atomic E-state index is 12.9. The van der Waals surface area contributed by atoms with Gasteiger partial charge in [0.2, 0.25) is 5.91 Å². The molecular weight excluding hydrogens is 302 g/mol. The van der Waals surface area contributed by atoms with E-state index >= 15 is 0 Å². The van der Waals surface area contributed by atoms with E-state index in [2.05, 4.69) is 4.90 Å². The summed E-state index contributed by atoms with van der Waals surface area (Å²) in [5, 5.41) is 9.97. The first-order valence-corrected chi connectivity index (χ1v) is 8.17. The summed E-state index contributed by atoms with van der Waals surface area (Å²) in [5.74, 6) is 0.204. The molecule has 0 aromatic heterocycles. The molecule has 0 saturated carbocycles. The highest BCUT2D eigenvalue weighted by Gasteiger charge is 2.35. The van der Waals surface area contributed by atoms with Crippen LogP contribution in [0.3, 0.4) is 0 Å². The molecule has 1 heterocycles. The Balaban J connectivity index is 1.68. The SMILES string of the molecule is CC(N)(C(=O)N1CCN(c2ccccc2O)CC1)c1ccccc1. The average molecular weight is 325 g/mol. The molecule has 1 saturated heterocycles. The van der Waals surface area contributed by atoms with Gasteiger partial charge in [0.1, 0.15) is 11.3 Å². The third kappa shape index (κ3) is 3.08. The molecule has 1 amide bonds. The molecule has 0 radical (unpaired) electrons. The second kappa shape index (κ2) is 6.53. The highest BCUT2D eigenvalue weighted by atomic mass is 16.3. The Kier molecular flexibility index (Phi) is 4.44. The van der Waals surface area contributed by atoms with E-state index in [0.717, 1.165) is 11.3 Å². The number of aromatic hydroxyl groups is 1. The molecule has 126 valence electrons. The van der Waals surface area contributed by atoms with Crippen molar-refractivity contribution in [2.24, 2.45) is 5.73 Å². The van der Waals surface area contributed by atoms with Crippen LogP contribution in [0, 0.1) is 0 Å². The Hall–Kier alpha value is -2.53. The predicted octanol–water partition coefficient (Wildman–Crippen LogP) is 1.91. The number of amides is 1. The fourth-order valence-corrected chi connectivity index (χ4v) is 3.12. The number of nitrogens with zero attached hydrogens (tertiary/aromatic N) is 2. The van der Waals surface area contributed by atoms with Crippen LogP contribution in [0.2, 0.25) is 0 Å². The quantitative estimate of drug-likeness (QED) is 0.904. The van der Waals surface area contributed by atoms with E-state index in [-0.39, 0.29) is 11.7 Å². The summed E-state index contributed by atoms with van der Waals surface area (Å²) in [5.41, 5.74) is 6.93. The number of rotatable bonds is 3. The predicted molar refractivity (Wildman–Crippen MR) is 94.9 cm³/mol. The molecule has 0 bridgehead atoms. The third-order valence-corrected chi connectivity index (χ3v) is 4.61. The Morgan fingerprint density at radius 1 is 1.00 bits per heavy atom. The number of phenols is 1. The molecule has 3 N–H and O–H groups in total. The summed E-state index contributed by atoms with van der Waals surface area (Å²) >= 11 is 0. The van der Waals surface area contributed by atoms with Crippen LogP contribution < -0.4 is 10.6 Å². The smallest absolute Gasteiger partial charge is 0.247 e. The molecule has 0 spiro atoms. The fourth-order valence-electron chi connectivity index (χ4n) is 3.12. The van der Waals surface area contributed by atoms with Gasteiger partial charge >= 0.3 is 0 Å². The van der Waals surface area contributed by atoms with E-state index in [0.29, 0.717) is 26.2 Å². The van der Waals surface area contributed by atoms with Gasteiger partial charge in [0.05, 0.1) is 5.69 Å². The van der Waals surface area contributed by atoms with Gasteiger partial charge < -0.3 is 20.6 Å². The van der Waals surface area contributed by atoms with Crippen molar-refractivity contribution in [1.82, 2.24) is 4.90 Å². The molecule has 1 unspecified atom stereocenters. The Bertz CT molecular complexity index is 708. The van der Waals surface area contributed by atoms with Gasteiger partial charge in [-0.05, 0) is 24.6 Å². The number of carbonyl (C=O) groups excluding carboxylic acids is 1. The van der Waals surface area contributed by atoms with Crippen molar-refractivity contribution in [3.8, 4) is 5.75 Å². The van der Waals surface area contributed by atoms with E-state index in [1.54, 1.807) is 19.1 Å². The number of hydrogen-bond donors (Lipinski definition) is 2. The Labute approximate surface area is 142 Å². The van der Waals surface area contributed by atoms with E-state index in [4.69, 9.17) is 5.73 Å². The normalized spacial score (nSPS) is 17.4. The monoisotopic (exact) mass is 325 g/mol. The highest BCUT2D eigenvalue weighted by molar-refractivity contribution is 5.87. The van der Waals surface area contributed by atoms with Crippen molar-refractivity contribution in [1.29, 1.82) is 0 Å². The lowest BCUT2D eigenvalue weighted by Crippen LogP contribution is -2.56. The first-order chi connectivity index (χ1) is 11.5. The zero-order chi connectivity index (χ0) is 17.2. The van der Waals surface area contributed by atoms with Crippen LogP contribution in [0.4, 0.5) is 5.69 Å². The average Bonchev–Trinajstić information content (AvgIpc) is 2.62. The van der Waals surface area contributed by atoms with Crippen molar-refractivity contribution in [3.63, 3.8) is 0 Å². The number of carbonyl (C=O) groups is 1. The molecule has 24 heavy (non-hydrogen) atoms. The zero-order valence-electron chi connectivity index (χ0n) is 13.9. The van der Waals surface area contributed by atoms with Crippen molar-refractivity contribution in [3.05, 3.63) is 60.2 Å². The van der Waals surface area contributed by atoms with Gasteiger partial charge in [0.15, 0.2) is 0 Å². The standard InChI is InChI=1S/C19H23N3O2/c1-19(20,15-7-3-2-4-8-15)18(24)22-13-11-21(12-14-22)16-9-5-6-10-17(16)23/h2-10,23H,11-14,20H2,1H3. The second-order valence-corrected chi connectivity index (χ2v) is 6.34. The summed E-state index contributed by atoms with van der Waals surface area (Å²) in [6.45, 7) is 4.29. The van der Waals surface area contributed by atoms with Gasteiger partial charge in [0, 0.05) is 26.2 Å². The second-order valence-electron chi connectivity index (χ2n) is 6.34. The van der Waals surface area contributed by atoms with Gasteiger partial charge in [-0.2, -0.15) is 0 Å². The number of piperazine rings is 1. The summed E-state index contributed by atoms with van der Waals surface area (Å²) in [6.07, 6.45) is 0. The highest BCUT2D eigenvalue weighted by Crippen LogP contribution is 2.28. The minimum absolute atomic E-state index is 0.0642. The number of benzene rings is 2. The maximum atomic E-state index is 12.9. The molecule has 3 rings (SSSR count). The molecule has 2 aromatic rings. The Morgan fingerprint density at radius 3 is 2.21 bits per heavy atom.